The molecule has 0 atom stereocenters. The van der Waals surface area contributed by atoms with Gasteiger partial charge in [0.05, 0.1) is 19.6 Å². The molecule has 0 rings (SSSR count). The van der Waals surface area contributed by atoms with E-state index in [9.17, 15) is 0 Å². The van der Waals surface area contributed by atoms with Crippen LogP contribution < -0.4 is 32.3 Å². The normalized spacial score (nSPS) is 10.6. The van der Waals surface area contributed by atoms with E-state index in [0.29, 0.717) is 0 Å². The first-order chi connectivity index (χ1) is 27.0. The Morgan fingerprint density at radius 3 is 0.400 bits per heavy atom. The van der Waals surface area contributed by atoms with Gasteiger partial charge in [0.2, 0.25) is 0 Å². The lowest BCUT2D eigenvalue weighted by Crippen LogP contribution is -2.56. The molecule has 6 nitrogen and oxygen atoms in total. The molecule has 0 amide bonds. The molecule has 0 bridgehead atoms. The number of quaternary nitrogens is 3. The maximum Gasteiger partial charge on any atom is 0.0739 e. The Morgan fingerprint density at radius 1 is 0.218 bits per heavy atom. The Kier molecular flexibility index (Phi) is 73.4. The Bertz CT molecular complexity index is 458. The van der Waals surface area contributed by atoms with E-state index in [0.717, 1.165) is 19.6 Å². The van der Waals surface area contributed by atoms with Crippen LogP contribution in [0.5, 0.6) is 0 Å². The smallest absolute Gasteiger partial charge is 0.0739 e. The first-order valence-corrected chi connectivity index (χ1v) is 25.3. The third-order valence-electron chi connectivity index (χ3n) is 10.8. The Labute approximate surface area is 348 Å². The van der Waals surface area contributed by atoms with Gasteiger partial charge in [0.25, 0.3) is 0 Å². The average molecular weight is 786 g/mol. The standard InChI is InChI=1S/3C16H35N.BO3/c3*1-2-3-4-5-6-7-8-9-10-11-12-13-14-15-16-17;2-1(3)4/h3*2-17H2,1H3;/q;;;-3/p+3. The molecule has 0 aromatic carbocycles. The van der Waals surface area contributed by atoms with Gasteiger partial charge in [-0.2, -0.15) is 0 Å². The van der Waals surface area contributed by atoms with Crippen molar-refractivity contribution in [1.82, 2.24) is 0 Å². The van der Waals surface area contributed by atoms with Gasteiger partial charge in [0.15, 0.2) is 0 Å². The molecule has 0 aromatic rings. The molecule has 0 spiro atoms. The molecule has 0 saturated heterocycles. The molecule has 0 unspecified atom stereocenters. The van der Waals surface area contributed by atoms with E-state index in [-0.39, 0.29) is 0 Å². The number of hydrogen-bond acceptors (Lipinski definition) is 3. The van der Waals surface area contributed by atoms with Gasteiger partial charge >= 0.3 is 0 Å². The van der Waals surface area contributed by atoms with Gasteiger partial charge in [-0.05, 0) is 38.5 Å². The predicted molar refractivity (Wildman–Crippen MR) is 240 cm³/mol. The van der Waals surface area contributed by atoms with E-state index in [1.165, 1.54) is 270 Å². The van der Waals surface area contributed by atoms with Crippen LogP contribution in [0, 0.1) is 0 Å². The van der Waals surface area contributed by atoms with Crippen LogP contribution in [0.15, 0.2) is 0 Å². The molecule has 55 heavy (non-hydrogen) atoms. The van der Waals surface area contributed by atoms with Crippen LogP contribution in [0.3, 0.4) is 0 Å². The minimum absolute atomic E-state index is 1.12. The summed E-state index contributed by atoms with van der Waals surface area (Å²) in [5.41, 5.74) is 11.6. The Hall–Kier alpha value is -0.175. The lowest BCUT2D eigenvalue weighted by atomic mass is 10.0. The monoisotopic (exact) mass is 786 g/mol. The van der Waals surface area contributed by atoms with Gasteiger partial charge in [-0.25, -0.2) is 0 Å². The van der Waals surface area contributed by atoms with Gasteiger partial charge in [-0.1, -0.05) is 252 Å². The minimum atomic E-state index is -2.92. The van der Waals surface area contributed by atoms with E-state index in [1.54, 1.807) is 0 Å². The molecule has 0 aliphatic heterocycles. The SMILES string of the molecule is CCCCCCCCCCCCCCCC[NH3+].CCCCCCCCCCCCCCCC[NH3+].CCCCCCCCCCCCCCCC[NH3+].[O-]B([O-])[O-]. The summed E-state index contributed by atoms with van der Waals surface area (Å²) in [6.45, 7) is 10.2. The second kappa shape index (κ2) is 65.7. The summed E-state index contributed by atoms with van der Waals surface area (Å²) in [5, 5.41) is 25.2. The maximum absolute atomic E-state index is 8.42. The van der Waals surface area contributed by atoms with Gasteiger partial charge < -0.3 is 32.3 Å². The summed E-state index contributed by atoms with van der Waals surface area (Å²) in [6.07, 6.45) is 60.6. The van der Waals surface area contributed by atoms with Gasteiger partial charge in [-0.15, -0.1) is 0 Å². The molecule has 0 fully saturated rings. The summed E-state index contributed by atoms with van der Waals surface area (Å²) < 4.78 is 0. The van der Waals surface area contributed by atoms with E-state index < -0.39 is 7.32 Å². The number of rotatable bonds is 42. The van der Waals surface area contributed by atoms with Crippen molar-refractivity contribution in [3.05, 3.63) is 0 Å². The second-order valence-electron chi connectivity index (χ2n) is 16.6. The predicted octanol–water partition coefficient (Wildman–Crippen LogP) is 10.2. The average Bonchev–Trinajstić information content (AvgIpc) is 3.17. The van der Waals surface area contributed by atoms with Crippen LogP contribution in [0.1, 0.15) is 290 Å². The molecule has 0 aliphatic carbocycles. The molecular weight excluding hydrogens is 677 g/mol. The Balaban J connectivity index is -0.000000337. The fourth-order valence-corrected chi connectivity index (χ4v) is 7.11. The molecule has 7 heteroatoms. The van der Waals surface area contributed by atoms with Crippen molar-refractivity contribution in [2.75, 3.05) is 19.6 Å². The molecule has 0 heterocycles. The fourth-order valence-electron chi connectivity index (χ4n) is 7.11. The summed E-state index contributed by atoms with van der Waals surface area (Å²) >= 11 is 0. The van der Waals surface area contributed by atoms with Crippen molar-refractivity contribution in [3.8, 4) is 0 Å². The van der Waals surface area contributed by atoms with Gasteiger partial charge in [0.1, 0.15) is 0 Å². The molecule has 9 N–H and O–H groups in total. The van der Waals surface area contributed by atoms with E-state index in [1.807, 2.05) is 0 Å². The van der Waals surface area contributed by atoms with Gasteiger partial charge in [-0.3, -0.25) is 7.32 Å². The fraction of sp³-hybridized carbons (Fsp3) is 1.00. The topological polar surface area (TPSA) is 152 Å². The van der Waals surface area contributed by atoms with Crippen LogP contribution in [-0.4, -0.2) is 27.0 Å². The molecule has 0 aromatic heterocycles. The molecular formula is C48H108BN3O3. The van der Waals surface area contributed by atoms with Gasteiger partial charge in [0, 0.05) is 0 Å². The van der Waals surface area contributed by atoms with Crippen molar-refractivity contribution in [2.45, 2.75) is 290 Å². The van der Waals surface area contributed by atoms with Crippen molar-refractivity contribution < 1.29 is 32.3 Å². The largest absolute Gasteiger partial charge is 0.907 e. The van der Waals surface area contributed by atoms with Crippen LogP contribution in [0.25, 0.3) is 0 Å². The van der Waals surface area contributed by atoms with E-state index in [2.05, 4.69) is 38.0 Å². The lowest BCUT2D eigenvalue weighted by Gasteiger charge is -2.35. The van der Waals surface area contributed by atoms with E-state index >= 15 is 0 Å². The molecule has 336 valence electrons. The summed E-state index contributed by atoms with van der Waals surface area (Å²) in [7, 11) is -2.92. The third kappa shape index (κ3) is 82.6. The number of unbranched alkanes of at least 4 members (excludes halogenated alkanes) is 39. The van der Waals surface area contributed by atoms with Crippen LogP contribution in [0.4, 0.5) is 0 Å². The third-order valence-corrected chi connectivity index (χ3v) is 10.8. The van der Waals surface area contributed by atoms with Crippen LogP contribution >= 0.6 is 0 Å². The zero-order valence-electron chi connectivity index (χ0n) is 38.7. The highest BCUT2D eigenvalue weighted by atomic mass is 16.5. The Morgan fingerprint density at radius 2 is 0.309 bits per heavy atom. The minimum Gasteiger partial charge on any atom is -0.907 e. The quantitative estimate of drug-likeness (QED) is 0.0417. The molecule has 0 aliphatic rings. The van der Waals surface area contributed by atoms with E-state index in [4.69, 9.17) is 15.1 Å². The highest BCUT2D eigenvalue weighted by molar-refractivity contribution is 6.24. The number of hydrogen-bond donors (Lipinski definition) is 3. The van der Waals surface area contributed by atoms with Crippen molar-refractivity contribution in [3.63, 3.8) is 0 Å². The van der Waals surface area contributed by atoms with Crippen molar-refractivity contribution >= 4 is 7.32 Å². The first kappa shape index (κ1) is 61.5. The van der Waals surface area contributed by atoms with Crippen molar-refractivity contribution in [2.24, 2.45) is 0 Å². The molecule has 0 radical (unpaired) electrons. The highest BCUT2D eigenvalue weighted by Crippen LogP contribution is 2.15. The summed E-state index contributed by atoms with van der Waals surface area (Å²) in [5.74, 6) is 0. The second-order valence-corrected chi connectivity index (χ2v) is 16.6. The zero-order valence-corrected chi connectivity index (χ0v) is 38.7. The summed E-state index contributed by atoms with van der Waals surface area (Å²) in [4.78, 5) is 0. The molecule has 0 saturated carbocycles. The lowest BCUT2D eigenvalue weighted by molar-refractivity contribution is -0.479. The van der Waals surface area contributed by atoms with Crippen molar-refractivity contribution in [1.29, 1.82) is 0 Å². The van der Waals surface area contributed by atoms with Crippen LogP contribution in [0.2, 0.25) is 0 Å². The zero-order chi connectivity index (χ0) is 41.4. The summed E-state index contributed by atoms with van der Waals surface area (Å²) in [6, 6.07) is 0. The first-order valence-electron chi connectivity index (χ1n) is 25.3. The van der Waals surface area contributed by atoms with Crippen LogP contribution in [-0.2, 0) is 0 Å². The highest BCUT2D eigenvalue weighted by Gasteiger charge is 1.96. The maximum atomic E-state index is 8.42.